The number of nitrogens with zero attached hydrogens (tertiary/aromatic N) is 4. The number of aromatic nitrogens is 3. The fourth-order valence-corrected chi connectivity index (χ4v) is 1.76. The first kappa shape index (κ1) is 13.9. The van der Waals surface area contributed by atoms with Crippen LogP contribution in [-0.2, 0) is 19.7 Å². The van der Waals surface area contributed by atoms with E-state index >= 15 is 0 Å². The number of rotatable bonds is 6. The van der Waals surface area contributed by atoms with E-state index in [-0.39, 0.29) is 18.0 Å². The zero-order valence-corrected chi connectivity index (χ0v) is 11.0. The topological polar surface area (TPSA) is 109 Å². The Morgan fingerprint density at radius 3 is 2.95 bits per heavy atom. The minimum Gasteiger partial charge on any atom is -0.479 e. The van der Waals surface area contributed by atoms with Crippen LogP contribution in [0, 0.1) is 10.1 Å². The first-order chi connectivity index (χ1) is 9.65. The molecule has 0 aliphatic heterocycles. The SMILES string of the molecule is CCn1ncnc1COc1cc(CN)ccc1[N+](=O)[O-]. The van der Waals surface area contributed by atoms with Crippen LogP contribution in [-0.4, -0.2) is 19.7 Å². The van der Waals surface area contributed by atoms with Crippen LogP contribution >= 0.6 is 0 Å². The molecule has 0 aliphatic rings. The molecule has 0 saturated carbocycles. The van der Waals surface area contributed by atoms with Crippen LogP contribution < -0.4 is 10.5 Å². The molecule has 0 atom stereocenters. The second kappa shape index (κ2) is 6.11. The molecule has 1 aromatic heterocycles. The number of hydrogen-bond donors (Lipinski definition) is 1. The lowest BCUT2D eigenvalue weighted by atomic mass is 10.2. The lowest BCUT2D eigenvalue weighted by molar-refractivity contribution is -0.386. The first-order valence-electron chi connectivity index (χ1n) is 6.12. The zero-order chi connectivity index (χ0) is 14.5. The van der Waals surface area contributed by atoms with Crippen molar-refractivity contribution in [3.05, 3.63) is 46.0 Å². The van der Waals surface area contributed by atoms with E-state index in [4.69, 9.17) is 10.5 Å². The first-order valence-corrected chi connectivity index (χ1v) is 6.12. The third-order valence-electron chi connectivity index (χ3n) is 2.81. The molecule has 2 N–H and O–H groups in total. The van der Waals surface area contributed by atoms with Gasteiger partial charge in [0, 0.05) is 19.2 Å². The van der Waals surface area contributed by atoms with Crippen molar-refractivity contribution >= 4 is 5.69 Å². The van der Waals surface area contributed by atoms with Gasteiger partial charge in [-0.2, -0.15) is 5.10 Å². The summed E-state index contributed by atoms with van der Waals surface area (Å²) in [6, 6.07) is 4.58. The molecule has 8 nitrogen and oxygen atoms in total. The number of hydrogen-bond acceptors (Lipinski definition) is 6. The van der Waals surface area contributed by atoms with Gasteiger partial charge in [-0.1, -0.05) is 6.07 Å². The number of aryl methyl sites for hydroxylation is 1. The van der Waals surface area contributed by atoms with E-state index in [0.717, 1.165) is 5.56 Å². The van der Waals surface area contributed by atoms with Crippen LogP contribution in [0.5, 0.6) is 5.75 Å². The van der Waals surface area contributed by atoms with Gasteiger partial charge in [-0.05, 0) is 18.6 Å². The molecule has 0 unspecified atom stereocenters. The fourth-order valence-electron chi connectivity index (χ4n) is 1.76. The molecule has 0 bridgehead atoms. The van der Waals surface area contributed by atoms with Gasteiger partial charge in [0.15, 0.2) is 11.6 Å². The molecule has 8 heteroatoms. The number of nitrogens with two attached hydrogens (primary N) is 1. The maximum Gasteiger partial charge on any atom is 0.310 e. The summed E-state index contributed by atoms with van der Waals surface area (Å²) in [4.78, 5) is 14.5. The summed E-state index contributed by atoms with van der Waals surface area (Å²) in [6.45, 7) is 2.99. The highest BCUT2D eigenvalue weighted by Crippen LogP contribution is 2.28. The second-order valence-corrected chi connectivity index (χ2v) is 4.04. The average Bonchev–Trinajstić information content (AvgIpc) is 2.91. The van der Waals surface area contributed by atoms with Crippen molar-refractivity contribution in [1.29, 1.82) is 0 Å². The fraction of sp³-hybridized carbons (Fsp3) is 0.333. The maximum atomic E-state index is 11.0. The summed E-state index contributed by atoms with van der Waals surface area (Å²) in [5, 5.41) is 15.0. The average molecular weight is 277 g/mol. The molecule has 106 valence electrons. The van der Waals surface area contributed by atoms with Gasteiger partial charge in [0.1, 0.15) is 12.9 Å². The molecule has 0 aliphatic carbocycles. The molecule has 0 amide bonds. The third-order valence-corrected chi connectivity index (χ3v) is 2.81. The van der Waals surface area contributed by atoms with Crippen molar-refractivity contribution in [2.24, 2.45) is 5.73 Å². The lowest BCUT2D eigenvalue weighted by Gasteiger charge is -2.08. The minimum absolute atomic E-state index is 0.0928. The maximum absolute atomic E-state index is 11.0. The Morgan fingerprint density at radius 1 is 1.50 bits per heavy atom. The van der Waals surface area contributed by atoms with Crippen molar-refractivity contribution in [1.82, 2.24) is 14.8 Å². The molecule has 0 spiro atoms. The van der Waals surface area contributed by atoms with Crippen molar-refractivity contribution in [2.75, 3.05) is 0 Å². The van der Waals surface area contributed by atoms with E-state index in [9.17, 15) is 10.1 Å². The Morgan fingerprint density at radius 2 is 2.30 bits per heavy atom. The van der Waals surface area contributed by atoms with E-state index in [1.807, 2.05) is 6.92 Å². The smallest absolute Gasteiger partial charge is 0.310 e. The van der Waals surface area contributed by atoms with Gasteiger partial charge >= 0.3 is 5.69 Å². The third kappa shape index (κ3) is 2.91. The van der Waals surface area contributed by atoms with Crippen LogP contribution in [0.4, 0.5) is 5.69 Å². The van der Waals surface area contributed by atoms with Crippen molar-refractivity contribution in [3.8, 4) is 5.75 Å². The Labute approximate surface area is 115 Å². The number of benzene rings is 1. The molecule has 1 aromatic carbocycles. The van der Waals surface area contributed by atoms with E-state index in [1.54, 1.807) is 16.8 Å². The predicted molar refractivity (Wildman–Crippen MR) is 71.0 cm³/mol. The number of nitro benzene ring substituents is 1. The van der Waals surface area contributed by atoms with Crippen LogP contribution in [0.1, 0.15) is 18.3 Å². The molecule has 0 fully saturated rings. The number of ether oxygens (including phenoxy) is 1. The normalized spacial score (nSPS) is 10.5. The summed E-state index contributed by atoms with van der Waals surface area (Å²) >= 11 is 0. The molecule has 20 heavy (non-hydrogen) atoms. The summed E-state index contributed by atoms with van der Waals surface area (Å²) in [5.41, 5.74) is 6.20. The molecule has 0 radical (unpaired) electrons. The summed E-state index contributed by atoms with van der Waals surface area (Å²) in [5.74, 6) is 0.795. The van der Waals surface area contributed by atoms with Gasteiger partial charge in [-0.15, -0.1) is 0 Å². The largest absolute Gasteiger partial charge is 0.479 e. The summed E-state index contributed by atoms with van der Waals surface area (Å²) in [6.07, 6.45) is 1.42. The van der Waals surface area contributed by atoms with E-state index in [0.29, 0.717) is 18.9 Å². The second-order valence-electron chi connectivity index (χ2n) is 4.04. The predicted octanol–water partition coefficient (Wildman–Crippen LogP) is 1.24. The Hall–Kier alpha value is -2.48. The monoisotopic (exact) mass is 277 g/mol. The molecule has 2 rings (SSSR count). The lowest BCUT2D eigenvalue weighted by Crippen LogP contribution is -2.08. The number of nitro groups is 1. The zero-order valence-electron chi connectivity index (χ0n) is 11.0. The molecule has 2 aromatic rings. The Bertz CT molecular complexity index is 611. The summed E-state index contributed by atoms with van der Waals surface area (Å²) in [7, 11) is 0. The van der Waals surface area contributed by atoms with Gasteiger partial charge in [0.2, 0.25) is 0 Å². The Balaban J connectivity index is 2.21. The van der Waals surface area contributed by atoms with Gasteiger partial charge in [-0.25, -0.2) is 9.67 Å². The van der Waals surface area contributed by atoms with Gasteiger partial charge < -0.3 is 10.5 Å². The van der Waals surface area contributed by atoms with Crippen LogP contribution in [0.25, 0.3) is 0 Å². The highest BCUT2D eigenvalue weighted by Gasteiger charge is 2.16. The van der Waals surface area contributed by atoms with Gasteiger partial charge in [0.05, 0.1) is 4.92 Å². The van der Waals surface area contributed by atoms with Crippen LogP contribution in [0.15, 0.2) is 24.5 Å². The molecule has 1 heterocycles. The molecular formula is C12H15N5O3. The van der Waals surface area contributed by atoms with Gasteiger partial charge in [-0.3, -0.25) is 10.1 Å². The van der Waals surface area contributed by atoms with Crippen molar-refractivity contribution < 1.29 is 9.66 Å². The van der Waals surface area contributed by atoms with Crippen LogP contribution in [0.3, 0.4) is 0 Å². The van der Waals surface area contributed by atoms with Gasteiger partial charge in [0.25, 0.3) is 0 Å². The summed E-state index contributed by atoms with van der Waals surface area (Å²) < 4.78 is 7.17. The van der Waals surface area contributed by atoms with Crippen molar-refractivity contribution in [3.63, 3.8) is 0 Å². The molecule has 0 saturated heterocycles. The van der Waals surface area contributed by atoms with Crippen molar-refractivity contribution in [2.45, 2.75) is 26.6 Å². The van der Waals surface area contributed by atoms with E-state index in [1.165, 1.54) is 12.4 Å². The van der Waals surface area contributed by atoms with Crippen LogP contribution in [0.2, 0.25) is 0 Å². The Kier molecular flexibility index (Phi) is 4.26. The minimum atomic E-state index is -0.486. The quantitative estimate of drug-likeness (QED) is 0.628. The highest BCUT2D eigenvalue weighted by molar-refractivity contribution is 5.48. The van der Waals surface area contributed by atoms with E-state index < -0.39 is 4.92 Å². The molecular weight excluding hydrogens is 262 g/mol. The van der Waals surface area contributed by atoms with E-state index in [2.05, 4.69) is 10.1 Å². The highest BCUT2D eigenvalue weighted by atomic mass is 16.6. The standard InChI is InChI=1S/C12H15N5O3/c1-2-16-12(14-8-15-16)7-20-11-5-9(6-13)3-4-10(11)17(18)19/h3-5,8H,2,6-7,13H2,1H3.